The number of carbonyl (C=O) groups is 2. The number of hydrogen-bond donors (Lipinski definition) is 2. The van der Waals surface area contributed by atoms with Gasteiger partial charge < -0.3 is 16.0 Å². The van der Waals surface area contributed by atoms with Gasteiger partial charge in [-0.2, -0.15) is 5.10 Å². The van der Waals surface area contributed by atoms with Crippen LogP contribution in [0.25, 0.3) is 22.3 Å². The number of aromatic nitrogens is 3. The van der Waals surface area contributed by atoms with Gasteiger partial charge in [-0.15, -0.1) is 0 Å². The van der Waals surface area contributed by atoms with E-state index in [0.717, 1.165) is 24.2 Å². The first-order chi connectivity index (χ1) is 17.7. The first-order valence-electron chi connectivity index (χ1n) is 12.6. The van der Waals surface area contributed by atoms with Gasteiger partial charge in [0, 0.05) is 43.5 Å². The molecule has 0 radical (unpaired) electrons. The lowest BCUT2D eigenvalue weighted by atomic mass is 9.95. The molecule has 1 unspecified atom stereocenters. The van der Waals surface area contributed by atoms with E-state index in [1.54, 1.807) is 19.2 Å². The second-order valence-corrected chi connectivity index (χ2v) is 9.94. The monoisotopic (exact) mass is 501 g/mol. The maximum atomic E-state index is 13.4. The first-order valence-corrected chi connectivity index (χ1v) is 12.6. The number of carbonyl (C=O) groups excluding carboxylic acids is 2. The summed E-state index contributed by atoms with van der Waals surface area (Å²) in [4.78, 5) is 36.9. The van der Waals surface area contributed by atoms with Crippen molar-refractivity contribution in [3.8, 4) is 11.3 Å². The molecule has 9 nitrogen and oxygen atoms in total. The zero-order chi connectivity index (χ0) is 26.7. The van der Waals surface area contributed by atoms with E-state index in [1.807, 2.05) is 50.7 Å². The fourth-order valence-corrected chi connectivity index (χ4v) is 4.57. The molecule has 2 amide bonds. The van der Waals surface area contributed by atoms with Gasteiger partial charge in [-0.05, 0) is 52.4 Å². The molecule has 9 heteroatoms. The largest absolute Gasteiger partial charge is 0.351 e. The Morgan fingerprint density at radius 3 is 2.59 bits per heavy atom. The van der Waals surface area contributed by atoms with Crippen molar-refractivity contribution in [3.63, 3.8) is 0 Å². The van der Waals surface area contributed by atoms with Crippen LogP contribution in [-0.2, 0) is 11.3 Å². The fraction of sp³-hybridized carbons (Fsp3) is 0.393. The van der Waals surface area contributed by atoms with E-state index in [4.69, 9.17) is 10.7 Å². The lowest BCUT2D eigenvalue weighted by molar-refractivity contribution is -0.120. The summed E-state index contributed by atoms with van der Waals surface area (Å²) in [5.41, 5.74) is 11.1. The topological polar surface area (TPSA) is 118 Å². The number of hydrogen-bond acceptors (Lipinski definition) is 6. The van der Waals surface area contributed by atoms with Crippen LogP contribution in [0, 0.1) is 5.92 Å². The van der Waals surface area contributed by atoms with Crippen LogP contribution in [0.4, 0.5) is 0 Å². The average molecular weight is 502 g/mol. The van der Waals surface area contributed by atoms with Crippen molar-refractivity contribution in [3.05, 3.63) is 59.3 Å². The molecular weight excluding hydrogens is 466 g/mol. The molecule has 0 fully saturated rings. The van der Waals surface area contributed by atoms with Gasteiger partial charge in [0.2, 0.25) is 0 Å². The lowest BCUT2D eigenvalue weighted by Gasteiger charge is -2.19. The molecule has 2 aromatic heterocycles. The second kappa shape index (κ2) is 11.1. The number of aliphatic imine (C=N–C) groups is 1. The van der Waals surface area contributed by atoms with Gasteiger partial charge in [0.05, 0.1) is 28.8 Å². The number of benzene rings is 1. The minimum absolute atomic E-state index is 0.0744. The van der Waals surface area contributed by atoms with Gasteiger partial charge in [-0.3, -0.25) is 9.59 Å². The molecule has 37 heavy (non-hydrogen) atoms. The summed E-state index contributed by atoms with van der Waals surface area (Å²) in [6.45, 7) is 10.2. The Labute approximate surface area is 217 Å². The molecule has 3 heterocycles. The van der Waals surface area contributed by atoms with Gasteiger partial charge >= 0.3 is 0 Å². The molecule has 0 spiro atoms. The van der Waals surface area contributed by atoms with Crippen molar-refractivity contribution in [2.45, 2.75) is 40.3 Å². The van der Waals surface area contributed by atoms with Gasteiger partial charge in [0.15, 0.2) is 5.65 Å². The van der Waals surface area contributed by atoms with Crippen LogP contribution in [-0.4, -0.2) is 63.9 Å². The Bertz CT molecular complexity index is 1370. The zero-order valence-corrected chi connectivity index (χ0v) is 22.2. The van der Waals surface area contributed by atoms with Crippen LogP contribution in [0.15, 0.2) is 53.2 Å². The van der Waals surface area contributed by atoms with Gasteiger partial charge in [0.25, 0.3) is 11.8 Å². The average Bonchev–Trinajstić information content (AvgIpc) is 3.27. The minimum atomic E-state index is -0.465. The van der Waals surface area contributed by atoms with Crippen molar-refractivity contribution in [1.29, 1.82) is 0 Å². The van der Waals surface area contributed by atoms with E-state index in [-0.39, 0.29) is 24.4 Å². The number of amides is 2. The number of rotatable bonds is 9. The maximum Gasteiger partial charge on any atom is 0.254 e. The molecule has 0 aliphatic carbocycles. The van der Waals surface area contributed by atoms with Crippen molar-refractivity contribution in [2.75, 3.05) is 26.7 Å². The highest BCUT2D eigenvalue weighted by Gasteiger charge is 2.25. The van der Waals surface area contributed by atoms with Gasteiger partial charge in [-0.1, -0.05) is 29.8 Å². The third-order valence-electron chi connectivity index (χ3n) is 6.55. The van der Waals surface area contributed by atoms with Crippen molar-refractivity contribution in [1.82, 2.24) is 25.0 Å². The molecular formula is C28H35N7O2. The van der Waals surface area contributed by atoms with E-state index >= 15 is 0 Å². The van der Waals surface area contributed by atoms with Crippen LogP contribution in [0.1, 0.15) is 49.7 Å². The summed E-state index contributed by atoms with van der Waals surface area (Å²) in [7, 11) is 2.04. The summed E-state index contributed by atoms with van der Waals surface area (Å²) in [5, 5.41) is 8.11. The Morgan fingerprint density at radius 1 is 1.22 bits per heavy atom. The third-order valence-corrected chi connectivity index (χ3v) is 6.55. The molecule has 0 bridgehead atoms. The van der Waals surface area contributed by atoms with Crippen molar-refractivity contribution in [2.24, 2.45) is 16.6 Å². The molecule has 1 atom stereocenters. The Kier molecular flexibility index (Phi) is 7.94. The van der Waals surface area contributed by atoms with E-state index in [0.29, 0.717) is 34.5 Å². The smallest absolute Gasteiger partial charge is 0.254 e. The molecule has 1 aromatic carbocycles. The molecule has 1 aliphatic rings. The summed E-state index contributed by atoms with van der Waals surface area (Å²) in [6, 6.07) is 10.1. The quantitative estimate of drug-likeness (QED) is 0.464. The predicted molar refractivity (Wildman–Crippen MR) is 146 cm³/mol. The van der Waals surface area contributed by atoms with Crippen LogP contribution < -0.4 is 11.1 Å². The number of nitrogens with zero attached hydrogens (tertiary/aromatic N) is 5. The Hall–Kier alpha value is -3.69. The summed E-state index contributed by atoms with van der Waals surface area (Å²) >= 11 is 0. The van der Waals surface area contributed by atoms with Crippen LogP contribution in [0.3, 0.4) is 0 Å². The highest BCUT2D eigenvalue weighted by molar-refractivity contribution is 6.08. The number of nitrogens with two attached hydrogens (primary N) is 1. The van der Waals surface area contributed by atoms with Crippen molar-refractivity contribution >= 4 is 28.6 Å². The Balaban J connectivity index is 1.64. The molecule has 194 valence electrons. The van der Waals surface area contributed by atoms with Gasteiger partial charge in [0.1, 0.15) is 0 Å². The fourth-order valence-electron chi connectivity index (χ4n) is 4.57. The highest BCUT2D eigenvalue weighted by atomic mass is 16.2. The number of dihydropyridines is 1. The number of allylic oxidation sites excluding steroid dienone is 1. The SMILES string of the molecule is CC1=CC(C)=NC(=O)C1CNC(=O)c1cc(-c2ccc(CN(C)CCN)cc2)nc2c1cnn2C(C)C. The summed E-state index contributed by atoms with van der Waals surface area (Å²) in [5.74, 6) is -0.972. The Morgan fingerprint density at radius 2 is 1.95 bits per heavy atom. The third kappa shape index (κ3) is 5.84. The van der Waals surface area contributed by atoms with E-state index in [1.165, 1.54) is 5.56 Å². The number of pyridine rings is 1. The van der Waals surface area contributed by atoms with E-state index in [2.05, 4.69) is 32.4 Å². The zero-order valence-electron chi connectivity index (χ0n) is 22.2. The molecule has 0 saturated heterocycles. The molecule has 1 aliphatic heterocycles. The standard InChI is InChI=1S/C28H35N7O2/c1-17(2)35-26-24(15-31-35)22(27(36)30-14-23-18(3)12-19(4)32-28(23)37)13-25(33-26)21-8-6-20(7-9-21)16-34(5)11-10-29/h6-9,12-13,15,17,23H,10-11,14,16,29H2,1-5H3,(H,30,36). The molecule has 3 N–H and O–H groups in total. The van der Waals surface area contributed by atoms with E-state index in [9.17, 15) is 9.59 Å². The predicted octanol–water partition coefficient (Wildman–Crippen LogP) is 3.36. The minimum Gasteiger partial charge on any atom is -0.351 e. The number of fused-ring (bicyclic) bond motifs is 1. The van der Waals surface area contributed by atoms with Crippen LogP contribution >= 0.6 is 0 Å². The summed E-state index contributed by atoms with van der Waals surface area (Å²) < 4.78 is 1.82. The van der Waals surface area contributed by atoms with Crippen molar-refractivity contribution < 1.29 is 9.59 Å². The normalized spacial score (nSPS) is 15.9. The van der Waals surface area contributed by atoms with Crippen LogP contribution in [0.2, 0.25) is 0 Å². The van der Waals surface area contributed by atoms with E-state index < -0.39 is 5.92 Å². The maximum absolute atomic E-state index is 13.4. The lowest BCUT2D eigenvalue weighted by Crippen LogP contribution is -2.34. The molecule has 3 aromatic rings. The number of likely N-dealkylation sites (N-methyl/N-ethyl adjacent to an activating group) is 1. The highest BCUT2D eigenvalue weighted by Crippen LogP contribution is 2.27. The summed E-state index contributed by atoms with van der Waals surface area (Å²) in [6.07, 6.45) is 3.56. The first kappa shape index (κ1) is 26.4. The van der Waals surface area contributed by atoms with Crippen LogP contribution in [0.5, 0.6) is 0 Å². The molecule has 4 rings (SSSR count). The molecule has 0 saturated carbocycles. The number of nitrogens with one attached hydrogen (secondary N) is 1. The van der Waals surface area contributed by atoms with Gasteiger partial charge in [-0.25, -0.2) is 14.7 Å². The second-order valence-electron chi connectivity index (χ2n) is 9.94.